The Balaban J connectivity index is 1.31. The highest BCUT2D eigenvalue weighted by atomic mass is 16.2. The lowest BCUT2D eigenvalue weighted by Crippen LogP contribution is -2.12. The van der Waals surface area contributed by atoms with E-state index >= 15 is 0 Å². The average Bonchev–Trinajstić information content (AvgIpc) is 3.29. The summed E-state index contributed by atoms with van der Waals surface area (Å²) in [4.78, 5) is 44.6. The maximum Gasteiger partial charge on any atom is 0.258 e. The van der Waals surface area contributed by atoms with Gasteiger partial charge in [0.05, 0.1) is 28.4 Å². The smallest absolute Gasteiger partial charge is 0.258 e. The standard InChI is InChI=1S/C24H17N7O2/c32-23(16-3-1-9-25-12-16)28-18-7-5-15(6-8-18)22-29-19-11-21(27-14-20(19)30-22)31-24(33)17-4-2-10-26-13-17/h1-14H,(H,28,32)(H,29,30)(H,27,31,33). The molecular formula is C24H17N7O2. The molecule has 33 heavy (non-hydrogen) atoms. The van der Waals surface area contributed by atoms with E-state index in [0.717, 1.165) is 11.1 Å². The van der Waals surface area contributed by atoms with Crippen molar-refractivity contribution in [1.82, 2.24) is 24.9 Å². The molecule has 2 amide bonds. The second-order valence-electron chi connectivity index (χ2n) is 7.14. The predicted octanol–water partition coefficient (Wildman–Crippen LogP) is 3.92. The summed E-state index contributed by atoms with van der Waals surface area (Å²) in [5, 5.41) is 5.59. The molecule has 0 atom stereocenters. The van der Waals surface area contributed by atoms with Crippen LogP contribution in [0.2, 0.25) is 0 Å². The Bertz CT molecular complexity index is 1430. The van der Waals surface area contributed by atoms with E-state index in [-0.39, 0.29) is 11.8 Å². The molecule has 9 heteroatoms. The summed E-state index contributed by atoms with van der Waals surface area (Å²) < 4.78 is 0. The summed E-state index contributed by atoms with van der Waals surface area (Å²) in [5.74, 6) is 0.511. The van der Waals surface area contributed by atoms with Gasteiger partial charge in [0.2, 0.25) is 0 Å². The number of fused-ring (bicyclic) bond motifs is 1. The molecule has 0 saturated carbocycles. The number of carbonyl (C=O) groups excluding carboxylic acids is 2. The second-order valence-corrected chi connectivity index (χ2v) is 7.14. The van der Waals surface area contributed by atoms with Gasteiger partial charge in [-0.1, -0.05) is 0 Å². The Labute approximate surface area is 188 Å². The summed E-state index contributed by atoms with van der Waals surface area (Å²) in [5.41, 5.74) is 3.82. The minimum Gasteiger partial charge on any atom is -0.337 e. The van der Waals surface area contributed by atoms with Crippen molar-refractivity contribution in [2.24, 2.45) is 0 Å². The molecule has 4 aromatic heterocycles. The molecule has 0 spiro atoms. The molecule has 5 aromatic rings. The van der Waals surface area contributed by atoms with Crippen molar-refractivity contribution in [2.75, 3.05) is 10.6 Å². The Morgan fingerprint density at radius 3 is 2.09 bits per heavy atom. The first-order valence-electron chi connectivity index (χ1n) is 10.0. The molecular weight excluding hydrogens is 418 g/mol. The number of pyridine rings is 3. The summed E-state index contributed by atoms with van der Waals surface area (Å²) in [7, 11) is 0. The number of imidazole rings is 1. The molecule has 0 aliphatic carbocycles. The summed E-state index contributed by atoms with van der Waals surface area (Å²) >= 11 is 0. The zero-order valence-electron chi connectivity index (χ0n) is 17.2. The van der Waals surface area contributed by atoms with E-state index in [4.69, 9.17) is 0 Å². The van der Waals surface area contributed by atoms with Gasteiger partial charge in [-0.15, -0.1) is 0 Å². The maximum absolute atomic E-state index is 12.3. The first kappa shape index (κ1) is 20.0. The Hall–Kier alpha value is -4.92. The van der Waals surface area contributed by atoms with Crippen molar-refractivity contribution in [3.05, 3.63) is 96.7 Å². The minimum absolute atomic E-state index is 0.230. The lowest BCUT2D eigenvalue weighted by molar-refractivity contribution is 0.101. The third kappa shape index (κ3) is 4.42. The zero-order valence-corrected chi connectivity index (χ0v) is 17.2. The van der Waals surface area contributed by atoms with Crippen LogP contribution in [0.5, 0.6) is 0 Å². The molecule has 0 aliphatic rings. The number of benzene rings is 1. The van der Waals surface area contributed by atoms with Crippen LogP contribution in [-0.4, -0.2) is 36.7 Å². The molecule has 5 rings (SSSR count). The van der Waals surface area contributed by atoms with Crippen molar-refractivity contribution in [3.63, 3.8) is 0 Å². The van der Waals surface area contributed by atoms with Crippen molar-refractivity contribution in [2.45, 2.75) is 0 Å². The molecule has 160 valence electrons. The number of anilines is 2. The molecule has 9 nitrogen and oxygen atoms in total. The van der Waals surface area contributed by atoms with E-state index in [2.05, 4.69) is 35.6 Å². The highest BCUT2D eigenvalue weighted by Crippen LogP contribution is 2.23. The number of hydrogen-bond donors (Lipinski definition) is 3. The van der Waals surface area contributed by atoms with E-state index in [1.807, 2.05) is 12.1 Å². The van der Waals surface area contributed by atoms with Crippen LogP contribution in [0.3, 0.4) is 0 Å². The van der Waals surface area contributed by atoms with Gasteiger partial charge in [0.1, 0.15) is 11.6 Å². The van der Waals surface area contributed by atoms with E-state index in [9.17, 15) is 9.59 Å². The summed E-state index contributed by atoms with van der Waals surface area (Å²) in [6, 6.07) is 15.8. The van der Waals surface area contributed by atoms with Crippen LogP contribution in [0.25, 0.3) is 22.4 Å². The van der Waals surface area contributed by atoms with Crippen LogP contribution in [0.1, 0.15) is 20.7 Å². The highest BCUT2D eigenvalue weighted by molar-refractivity contribution is 6.04. The number of H-pyrrole nitrogens is 1. The molecule has 3 N–H and O–H groups in total. The van der Waals surface area contributed by atoms with E-state index < -0.39 is 0 Å². The molecule has 0 bridgehead atoms. The molecule has 4 heterocycles. The molecule has 0 radical (unpaired) electrons. The monoisotopic (exact) mass is 435 g/mol. The predicted molar refractivity (Wildman–Crippen MR) is 124 cm³/mol. The SMILES string of the molecule is O=C(Nc1ccc(-c2nc3cc(NC(=O)c4cccnc4)ncc3[nH]2)cc1)c1cccnc1. The van der Waals surface area contributed by atoms with Crippen LogP contribution < -0.4 is 10.6 Å². The van der Waals surface area contributed by atoms with Crippen molar-refractivity contribution in [1.29, 1.82) is 0 Å². The summed E-state index contributed by atoms with van der Waals surface area (Å²) in [6.07, 6.45) is 7.84. The Morgan fingerprint density at radius 2 is 1.45 bits per heavy atom. The van der Waals surface area contributed by atoms with Gasteiger partial charge in [-0.3, -0.25) is 19.6 Å². The fourth-order valence-corrected chi connectivity index (χ4v) is 3.21. The number of aromatic amines is 1. The number of nitrogens with one attached hydrogen (secondary N) is 3. The number of hydrogen-bond acceptors (Lipinski definition) is 6. The molecule has 0 saturated heterocycles. The van der Waals surface area contributed by atoms with Crippen LogP contribution in [-0.2, 0) is 0 Å². The van der Waals surface area contributed by atoms with Crippen LogP contribution >= 0.6 is 0 Å². The topological polar surface area (TPSA) is 126 Å². The van der Waals surface area contributed by atoms with Gasteiger partial charge < -0.3 is 15.6 Å². The average molecular weight is 435 g/mol. The number of carbonyl (C=O) groups is 2. The van der Waals surface area contributed by atoms with Crippen molar-refractivity contribution >= 4 is 34.4 Å². The Morgan fingerprint density at radius 1 is 0.788 bits per heavy atom. The van der Waals surface area contributed by atoms with Gasteiger partial charge in [-0.25, -0.2) is 9.97 Å². The molecule has 0 aliphatic heterocycles. The second kappa shape index (κ2) is 8.67. The van der Waals surface area contributed by atoms with Gasteiger partial charge in [-0.2, -0.15) is 0 Å². The molecule has 0 fully saturated rings. The van der Waals surface area contributed by atoms with E-state index in [1.165, 1.54) is 12.4 Å². The first-order chi connectivity index (χ1) is 16.2. The number of amides is 2. The lowest BCUT2D eigenvalue weighted by atomic mass is 10.2. The Kier molecular flexibility index (Phi) is 5.26. The molecule has 0 unspecified atom stereocenters. The van der Waals surface area contributed by atoms with Crippen LogP contribution in [0.4, 0.5) is 11.5 Å². The quantitative estimate of drug-likeness (QED) is 0.384. The number of nitrogens with zero attached hydrogens (tertiary/aromatic N) is 4. The number of aromatic nitrogens is 5. The van der Waals surface area contributed by atoms with Gasteiger partial charge in [0.15, 0.2) is 0 Å². The van der Waals surface area contributed by atoms with E-state index in [1.54, 1.807) is 61.1 Å². The fourth-order valence-electron chi connectivity index (χ4n) is 3.21. The van der Waals surface area contributed by atoms with Gasteiger partial charge >= 0.3 is 0 Å². The van der Waals surface area contributed by atoms with Crippen molar-refractivity contribution < 1.29 is 9.59 Å². The fraction of sp³-hybridized carbons (Fsp3) is 0. The number of rotatable bonds is 5. The van der Waals surface area contributed by atoms with E-state index in [0.29, 0.717) is 34.0 Å². The normalized spacial score (nSPS) is 10.7. The van der Waals surface area contributed by atoms with Gasteiger partial charge in [-0.05, 0) is 48.5 Å². The van der Waals surface area contributed by atoms with Gasteiger partial charge in [0, 0.05) is 42.1 Å². The third-order valence-electron chi connectivity index (χ3n) is 4.87. The van der Waals surface area contributed by atoms with Crippen LogP contribution in [0.15, 0.2) is 85.6 Å². The zero-order chi connectivity index (χ0) is 22.6. The lowest BCUT2D eigenvalue weighted by Gasteiger charge is -2.05. The maximum atomic E-state index is 12.3. The van der Waals surface area contributed by atoms with Crippen molar-refractivity contribution in [3.8, 4) is 11.4 Å². The first-order valence-corrected chi connectivity index (χ1v) is 10.0. The third-order valence-corrected chi connectivity index (χ3v) is 4.87. The van der Waals surface area contributed by atoms with Crippen LogP contribution in [0, 0.1) is 0 Å². The molecule has 1 aromatic carbocycles. The summed E-state index contributed by atoms with van der Waals surface area (Å²) in [6.45, 7) is 0. The largest absolute Gasteiger partial charge is 0.337 e. The highest BCUT2D eigenvalue weighted by Gasteiger charge is 2.11. The van der Waals surface area contributed by atoms with Gasteiger partial charge in [0.25, 0.3) is 11.8 Å². The minimum atomic E-state index is -0.297.